The van der Waals surface area contributed by atoms with Crippen LogP contribution in [-0.4, -0.2) is 16.6 Å². The van der Waals surface area contributed by atoms with E-state index < -0.39 is 5.54 Å². The van der Waals surface area contributed by atoms with E-state index in [0.29, 0.717) is 22.0 Å². The Kier molecular flexibility index (Phi) is 4.27. The summed E-state index contributed by atoms with van der Waals surface area (Å²) in [5.41, 5.74) is 0.894. The van der Waals surface area contributed by atoms with E-state index in [4.69, 9.17) is 23.2 Å². The van der Waals surface area contributed by atoms with Crippen molar-refractivity contribution in [3.05, 3.63) is 39.1 Å². The summed E-state index contributed by atoms with van der Waals surface area (Å²) in [5, 5.41) is 14.4. The third kappa shape index (κ3) is 2.53. The van der Waals surface area contributed by atoms with Crippen molar-refractivity contribution in [1.29, 1.82) is 0 Å². The zero-order valence-corrected chi connectivity index (χ0v) is 14.1. The number of amides is 1. The maximum Gasteiger partial charge on any atom is 0.256 e. The van der Waals surface area contributed by atoms with Crippen LogP contribution >= 0.6 is 23.2 Å². The van der Waals surface area contributed by atoms with Gasteiger partial charge in [0.1, 0.15) is 5.76 Å². The number of aliphatic hydroxyl groups excluding tert-OH is 1. The molecule has 0 saturated heterocycles. The summed E-state index contributed by atoms with van der Waals surface area (Å²) in [6.07, 6.45) is 0.665. The molecule has 1 heterocycles. The molecule has 2 rings (SSSR count). The molecule has 1 amide bonds. The molecule has 1 aromatic carbocycles. The quantitative estimate of drug-likeness (QED) is 0.866. The van der Waals surface area contributed by atoms with Crippen LogP contribution in [0.15, 0.2) is 17.9 Å². The average molecular weight is 328 g/mol. The van der Waals surface area contributed by atoms with E-state index in [1.54, 1.807) is 12.1 Å². The molecule has 114 valence electrons. The van der Waals surface area contributed by atoms with E-state index in [9.17, 15) is 9.90 Å². The number of nitrogens with one attached hydrogen (secondary N) is 1. The first kappa shape index (κ1) is 16.2. The smallest absolute Gasteiger partial charge is 0.256 e. The monoisotopic (exact) mass is 327 g/mol. The van der Waals surface area contributed by atoms with Crippen LogP contribution in [0.2, 0.25) is 10.0 Å². The third-order valence-corrected chi connectivity index (χ3v) is 4.77. The Bertz CT molecular complexity index is 637. The summed E-state index contributed by atoms with van der Waals surface area (Å²) in [6.45, 7) is 7.66. The summed E-state index contributed by atoms with van der Waals surface area (Å²) in [6, 6.07) is 3.37. The Morgan fingerprint density at radius 1 is 1.33 bits per heavy atom. The standard InChI is InChI=1S/C16H19Cl2NO2/c1-5-9-6-10(17)7-11(18)12(9)13-14(20)16(4,8(2)3)19-15(13)21/h6-8,20H,5H2,1-4H3,(H,19,21). The normalized spacial score (nSPS) is 22.1. The first-order chi connectivity index (χ1) is 9.72. The molecule has 2 N–H and O–H groups in total. The lowest BCUT2D eigenvalue weighted by molar-refractivity contribution is -0.116. The molecule has 0 fully saturated rings. The van der Waals surface area contributed by atoms with E-state index in [1.807, 2.05) is 27.7 Å². The summed E-state index contributed by atoms with van der Waals surface area (Å²) >= 11 is 12.3. The Labute approximate surface area is 134 Å². The number of aliphatic hydroxyl groups is 1. The molecule has 0 aromatic heterocycles. The summed E-state index contributed by atoms with van der Waals surface area (Å²) in [4.78, 5) is 12.4. The van der Waals surface area contributed by atoms with E-state index in [2.05, 4.69) is 5.32 Å². The van der Waals surface area contributed by atoms with Gasteiger partial charge in [0.25, 0.3) is 5.91 Å². The van der Waals surface area contributed by atoms with Gasteiger partial charge >= 0.3 is 0 Å². The maximum absolute atomic E-state index is 12.4. The number of aryl methyl sites for hydroxylation is 1. The van der Waals surface area contributed by atoms with Crippen molar-refractivity contribution in [3.63, 3.8) is 0 Å². The highest BCUT2D eigenvalue weighted by molar-refractivity contribution is 6.38. The number of rotatable bonds is 3. The predicted octanol–water partition coefficient (Wildman–Crippen LogP) is 4.37. The van der Waals surface area contributed by atoms with Crippen molar-refractivity contribution in [3.8, 4) is 0 Å². The fraction of sp³-hybridized carbons (Fsp3) is 0.438. The van der Waals surface area contributed by atoms with E-state index in [-0.39, 0.29) is 23.2 Å². The Morgan fingerprint density at radius 3 is 2.43 bits per heavy atom. The van der Waals surface area contributed by atoms with Crippen molar-refractivity contribution in [2.75, 3.05) is 0 Å². The molecule has 1 aliphatic heterocycles. The fourth-order valence-corrected chi connectivity index (χ4v) is 3.19. The van der Waals surface area contributed by atoms with Crippen molar-refractivity contribution in [2.24, 2.45) is 5.92 Å². The molecule has 21 heavy (non-hydrogen) atoms. The van der Waals surface area contributed by atoms with Gasteiger partial charge in [-0.2, -0.15) is 0 Å². The molecule has 1 aromatic rings. The minimum absolute atomic E-state index is 0.0430. The lowest BCUT2D eigenvalue weighted by Gasteiger charge is -2.29. The number of halogens is 2. The number of carbonyl (C=O) groups is 1. The third-order valence-electron chi connectivity index (χ3n) is 4.25. The molecular formula is C16H19Cl2NO2. The molecule has 0 bridgehead atoms. The maximum atomic E-state index is 12.4. The van der Waals surface area contributed by atoms with E-state index in [1.165, 1.54) is 0 Å². The highest BCUT2D eigenvalue weighted by Gasteiger charge is 2.45. The van der Waals surface area contributed by atoms with E-state index >= 15 is 0 Å². The van der Waals surface area contributed by atoms with Crippen LogP contribution in [0.25, 0.3) is 5.57 Å². The second-order valence-electron chi connectivity index (χ2n) is 5.81. The Morgan fingerprint density at radius 2 is 1.95 bits per heavy atom. The lowest BCUT2D eigenvalue weighted by atomic mass is 9.86. The summed E-state index contributed by atoms with van der Waals surface area (Å²) in [5.74, 6) is -0.209. The van der Waals surface area contributed by atoms with Crippen molar-refractivity contribution >= 4 is 34.7 Å². The largest absolute Gasteiger partial charge is 0.509 e. The SMILES string of the molecule is CCc1cc(Cl)cc(Cl)c1C1=C(O)C(C)(C(C)C)NC1=O. The Hall–Kier alpha value is -1.19. The highest BCUT2D eigenvalue weighted by atomic mass is 35.5. The van der Waals surface area contributed by atoms with Gasteiger partial charge in [0.2, 0.25) is 0 Å². The first-order valence-corrected chi connectivity index (χ1v) is 7.72. The first-order valence-electron chi connectivity index (χ1n) is 6.96. The lowest BCUT2D eigenvalue weighted by Crippen LogP contribution is -2.46. The summed E-state index contributed by atoms with van der Waals surface area (Å²) < 4.78 is 0. The summed E-state index contributed by atoms with van der Waals surface area (Å²) in [7, 11) is 0. The highest BCUT2D eigenvalue weighted by Crippen LogP contribution is 2.40. The van der Waals surface area contributed by atoms with E-state index in [0.717, 1.165) is 5.56 Å². The van der Waals surface area contributed by atoms with Crippen LogP contribution in [0.3, 0.4) is 0 Å². The molecule has 0 radical (unpaired) electrons. The van der Waals surface area contributed by atoms with Crippen LogP contribution in [0, 0.1) is 5.92 Å². The fourth-order valence-electron chi connectivity index (χ4n) is 2.56. The van der Waals surface area contributed by atoms with Gasteiger partial charge in [0.05, 0.1) is 16.1 Å². The van der Waals surface area contributed by atoms with Gasteiger partial charge in [-0.25, -0.2) is 0 Å². The van der Waals surface area contributed by atoms with Crippen molar-refractivity contribution < 1.29 is 9.90 Å². The molecule has 3 nitrogen and oxygen atoms in total. The average Bonchev–Trinajstić information content (AvgIpc) is 2.61. The molecule has 5 heteroatoms. The molecule has 0 aliphatic carbocycles. The second kappa shape index (κ2) is 5.54. The predicted molar refractivity (Wildman–Crippen MR) is 86.8 cm³/mol. The molecule has 1 aliphatic rings. The van der Waals surface area contributed by atoms with Gasteiger partial charge in [-0.05, 0) is 37.0 Å². The zero-order valence-electron chi connectivity index (χ0n) is 12.6. The van der Waals surface area contributed by atoms with Gasteiger partial charge in [0.15, 0.2) is 0 Å². The van der Waals surface area contributed by atoms with Crippen LogP contribution < -0.4 is 5.32 Å². The number of hydrogen-bond acceptors (Lipinski definition) is 2. The van der Waals surface area contributed by atoms with Crippen molar-refractivity contribution in [1.82, 2.24) is 5.32 Å². The molecule has 1 unspecified atom stereocenters. The van der Waals surface area contributed by atoms with Gasteiger partial charge in [-0.1, -0.05) is 44.0 Å². The molecule has 1 atom stereocenters. The Balaban J connectivity index is 2.72. The number of hydrogen-bond donors (Lipinski definition) is 2. The van der Waals surface area contributed by atoms with Gasteiger partial charge < -0.3 is 10.4 Å². The minimum Gasteiger partial charge on any atom is -0.509 e. The van der Waals surface area contributed by atoms with Gasteiger partial charge in [-0.15, -0.1) is 0 Å². The minimum atomic E-state index is -0.777. The van der Waals surface area contributed by atoms with Crippen molar-refractivity contribution in [2.45, 2.75) is 39.7 Å². The number of benzene rings is 1. The topological polar surface area (TPSA) is 49.3 Å². The second-order valence-corrected chi connectivity index (χ2v) is 6.65. The van der Waals surface area contributed by atoms with Gasteiger partial charge in [-0.3, -0.25) is 4.79 Å². The van der Waals surface area contributed by atoms with Crippen LogP contribution in [0.5, 0.6) is 0 Å². The molecule has 0 spiro atoms. The molecule has 0 saturated carbocycles. The van der Waals surface area contributed by atoms with Crippen LogP contribution in [0.1, 0.15) is 38.8 Å². The molecular weight excluding hydrogens is 309 g/mol. The number of carbonyl (C=O) groups excluding carboxylic acids is 1. The van der Waals surface area contributed by atoms with Gasteiger partial charge in [0, 0.05) is 10.6 Å². The van der Waals surface area contributed by atoms with Crippen LogP contribution in [0.4, 0.5) is 0 Å². The van der Waals surface area contributed by atoms with Crippen LogP contribution in [-0.2, 0) is 11.2 Å². The zero-order chi connectivity index (χ0) is 15.9.